The van der Waals surface area contributed by atoms with Crippen molar-refractivity contribution in [2.45, 2.75) is 13.0 Å². The van der Waals surface area contributed by atoms with Gasteiger partial charge in [0.05, 0.1) is 6.61 Å². The minimum Gasteiger partial charge on any atom is -0.480 e. The number of ether oxygens (including phenoxy) is 1. The fourth-order valence-electron chi connectivity index (χ4n) is 1.07. The second-order valence-corrected chi connectivity index (χ2v) is 4.50. The van der Waals surface area contributed by atoms with Crippen molar-refractivity contribution in [2.75, 3.05) is 38.8 Å². The summed E-state index contributed by atoms with van der Waals surface area (Å²) in [5.74, 6) is -0.138. The SMILES string of the molecule is CSCC(C)N(C)C(=O)NCCOCC(=O)O. The number of rotatable bonds is 8. The van der Waals surface area contributed by atoms with Gasteiger partial charge >= 0.3 is 12.0 Å². The Morgan fingerprint density at radius 2 is 2.18 bits per heavy atom. The maximum Gasteiger partial charge on any atom is 0.329 e. The first kappa shape index (κ1) is 16.1. The van der Waals surface area contributed by atoms with E-state index in [0.717, 1.165) is 5.75 Å². The van der Waals surface area contributed by atoms with Crippen LogP contribution in [0.5, 0.6) is 0 Å². The van der Waals surface area contributed by atoms with Crippen molar-refractivity contribution in [1.82, 2.24) is 10.2 Å². The summed E-state index contributed by atoms with van der Waals surface area (Å²) in [6.45, 7) is 2.14. The number of hydrogen-bond acceptors (Lipinski definition) is 4. The van der Waals surface area contributed by atoms with Gasteiger partial charge in [-0.15, -0.1) is 0 Å². The molecule has 100 valence electrons. The molecule has 1 atom stereocenters. The molecule has 0 aromatic carbocycles. The highest BCUT2D eigenvalue weighted by Gasteiger charge is 2.14. The molecule has 0 spiro atoms. The predicted molar refractivity (Wildman–Crippen MR) is 67.5 cm³/mol. The summed E-state index contributed by atoms with van der Waals surface area (Å²) in [4.78, 5) is 23.4. The van der Waals surface area contributed by atoms with E-state index in [-0.39, 0.29) is 25.3 Å². The molecule has 6 nitrogen and oxygen atoms in total. The Kier molecular flexibility index (Phi) is 8.61. The van der Waals surface area contributed by atoms with Crippen molar-refractivity contribution in [1.29, 1.82) is 0 Å². The Bertz CT molecular complexity index is 250. The molecule has 0 fully saturated rings. The number of carboxylic acids is 1. The highest BCUT2D eigenvalue weighted by Crippen LogP contribution is 2.03. The standard InChI is InChI=1S/C10H20N2O4S/c1-8(7-17-3)12(2)10(15)11-4-5-16-6-9(13)14/h8H,4-7H2,1-3H3,(H,11,15)(H,13,14). The second kappa shape index (κ2) is 9.12. The Morgan fingerprint density at radius 3 is 2.71 bits per heavy atom. The van der Waals surface area contributed by atoms with Crippen molar-refractivity contribution in [3.05, 3.63) is 0 Å². The number of carbonyl (C=O) groups excluding carboxylic acids is 1. The minimum atomic E-state index is -1.01. The molecule has 0 aromatic heterocycles. The van der Waals surface area contributed by atoms with Crippen LogP contribution in [0.3, 0.4) is 0 Å². The summed E-state index contributed by atoms with van der Waals surface area (Å²) in [5, 5.41) is 11.0. The number of carbonyl (C=O) groups is 2. The largest absolute Gasteiger partial charge is 0.480 e. The Hall–Kier alpha value is -0.950. The van der Waals surface area contributed by atoms with E-state index in [1.165, 1.54) is 0 Å². The number of carboxylic acid groups (broad SMARTS) is 1. The molecule has 0 saturated carbocycles. The van der Waals surface area contributed by atoms with Crippen molar-refractivity contribution in [2.24, 2.45) is 0 Å². The molecule has 7 heteroatoms. The molecular weight excluding hydrogens is 244 g/mol. The lowest BCUT2D eigenvalue weighted by atomic mass is 10.3. The molecular formula is C10H20N2O4S. The zero-order chi connectivity index (χ0) is 13.3. The summed E-state index contributed by atoms with van der Waals surface area (Å²) in [5.41, 5.74) is 0. The van der Waals surface area contributed by atoms with Crippen LogP contribution in [0.25, 0.3) is 0 Å². The van der Waals surface area contributed by atoms with Gasteiger partial charge in [0.2, 0.25) is 0 Å². The third kappa shape index (κ3) is 7.87. The number of nitrogens with zero attached hydrogens (tertiary/aromatic N) is 1. The van der Waals surface area contributed by atoms with Crippen LogP contribution < -0.4 is 5.32 Å². The van der Waals surface area contributed by atoms with Crippen LogP contribution >= 0.6 is 11.8 Å². The van der Waals surface area contributed by atoms with Crippen LogP contribution in [0.1, 0.15) is 6.92 Å². The highest BCUT2D eigenvalue weighted by atomic mass is 32.2. The molecule has 2 amide bonds. The van der Waals surface area contributed by atoms with Gasteiger partial charge in [-0.1, -0.05) is 0 Å². The Morgan fingerprint density at radius 1 is 1.53 bits per heavy atom. The summed E-state index contributed by atoms with van der Waals surface area (Å²) in [7, 11) is 1.73. The average Bonchev–Trinajstić information content (AvgIpc) is 2.27. The molecule has 2 N–H and O–H groups in total. The molecule has 0 radical (unpaired) electrons. The van der Waals surface area contributed by atoms with Crippen molar-refractivity contribution in [3.63, 3.8) is 0 Å². The minimum absolute atomic E-state index is 0.157. The van der Waals surface area contributed by atoms with E-state index in [2.05, 4.69) is 5.32 Å². The third-order valence-corrected chi connectivity index (χ3v) is 2.95. The number of aliphatic carboxylic acids is 1. The van der Waals surface area contributed by atoms with E-state index in [9.17, 15) is 9.59 Å². The lowest BCUT2D eigenvalue weighted by molar-refractivity contribution is -0.142. The third-order valence-electron chi connectivity index (χ3n) is 2.14. The van der Waals surface area contributed by atoms with E-state index < -0.39 is 5.97 Å². The quantitative estimate of drug-likeness (QED) is 0.623. The Labute approximate surface area is 106 Å². The van der Waals surface area contributed by atoms with Gasteiger partial charge in [-0.05, 0) is 13.2 Å². The molecule has 0 bridgehead atoms. The lowest BCUT2D eigenvalue weighted by Gasteiger charge is -2.24. The zero-order valence-electron chi connectivity index (χ0n) is 10.4. The second-order valence-electron chi connectivity index (χ2n) is 3.59. The van der Waals surface area contributed by atoms with E-state index in [4.69, 9.17) is 9.84 Å². The molecule has 0 saturated heterocycles. The first-order valence-electron chi connectivity index (χ1n) is 5.28. The number of hydrogen-bond donors (Lipinski definition) is 2. The van der Waals surface area contributed by atoms with Gasteiger partial charge < -0.3 is 20.1 Å². The van der Waals surface area contributed by atoms with Gasteiger partial charge in [0.1, 0.15) is 6.61 Å². The van der Waals surface area contributed by atoms with Gasteiger partial charge in [-0.2, -0.15) is 11.8 Å². The maximum atomic E-state index is 11.6. The van der Waals surface area contributed by atoms with Crippen LogP contribution in [-0.4, -0.2) is 66.9 Å². The smallest absolute Gasteiger partial charge is 0.329 e. The summed E-state index contributed by atoms with van der Waals surface area (Å²) in [6, 6.07) is -0.0181. The van der Waals surface area contributed by atoms with Crippen LogP contribution in [0.15, 0.2) is 0 Å². The highest BCUT2D eigenvalue weighted by molar-refractivity contribution is 7.98. The summed E-state index contributed by atoms with van der Waals surface area (Å²) < 4.78 is 4.80. The number of urea groups is 1. The number of nitrogens with one attached hydrogen (secondary N) is 1. The van der Waals surface area contributed by atoms with Gasteiger partial charge in [0, 0.05) is 25.4 Å². The van der Waals surface area contributed by atoms with Gasteiger partial charge in [-0.3, -0.25) is 0 Å². The molecule has 0 aliphatic rings. The fraction of sp³-hybridized carbons (Fsp3) is 0.800. The molecule has 0 aliphatic heterocycles. The molecule has 0 aromatic rings. The van der Waals surface area contributed by atoms with Crippen LogP contribution in [0.4, 0.5) is 4.79 Å². The molecule has 0 heterocycles. The van der Waals surface area contributed by atoms with Gasteiger partial charge in [0.25, 0.3) is 0 Å². The van der Waals surface area contributed by atoms with E-state index >= 15 is 0 Å². The van der Waals surface area contributed by atoms with E-state index in [1.54, 1.807) is 23.7 Å². The molecule has 0 aliphatic carbocycles. The molecule has 1 unspecified atom stereocenters. The molecule has 17 heavy (non-hydrogen) atoms. The van der Waals surface area contributed by atoms with Gasteiger partial charge in [0.15, 0.2) is 0 Å². The Balaban J connectivity index is 3.67. The van der Waals surface area contributed by atoms with Gasteiger partial charge in [-0.25, -0.2) is 9.59 Å². The van der Waals surface area contributed by atoms with E-state index in [1.807, 2.05) is 13.2 Å². The zero-order valence-corrected chi connectivity index (χ0v) is 11.2. The monoisotopic (exact) mass is 264 g/mol. The maximum absolute atomic E-state index is 11.6. The molecule has 0 rings (SSSR count). The number of amides is 2. The average molecular weight is 264 g/mol. The van der Waals surface area contributed by atoms with Crippen LogP contribution in [-0.2, 0) is 9.53 Å². The lowest BCUT2D eigenvalue weighted by Crippen LogP contribution is -2.44. The predicted octanol–water partition coefficient (Wildman–Crippen LogP) is 0.480. The first-order chi connectivity index (χ1) is 7.99. The van der Waals surface area contributed by atoms with Crippen LogP contribution in [0.2, 0.25) is 0 Å². The number of thioether (sulfide) groups is 1. The van der Waals surface area contributed by atoms with Crippen LogP contribution in [0, 0.1) is 0 Å². The van der Waals surface area contributed by atoms with Crippen molar-refractivity contribution in [3.8, 4) is 0 Å². The topological polar surface area (TPSA) is 78.9 Å². The van der Waals surface area contributed by atoms with Crippen molar-refractivity contribution >= 4 is 23.8 Å². The fourth-order valence-corrected chi connectivity index (χ4v) is 1.77. The summed E-state index contributed by atoms with van der Waals surface area (Å²) in [6.07, 6.45) is 1.99. The first-order valence-corrected chi connectivity index (χ1v) is 6.67. The summed E-state index contributed by atoms with van der Waals surface area (Å²) >= 11 is 1.68. The van der Waals surface area contributed by atoms with E-state index in [0.29, 0.717) is 6.54 Å². The van der Waals surface area contributed by atoms with Crippen molar-refractivity contribution < 1.29 is 19.4 Å². The normalized spacial score (nSPS) is 11.9.